The van der Waals surface area contributed by atoms with Crippen molar-refractivity contribution in [3.8, 4) is 0 Å². The van der Waals surface area contributed by atoms with E-state index in [1.165, 1.54) is 42.0 Å². The highest BCUT2D eigenvalue weighted by atomic mass is 19.1. The van der Waals surface area contributed by atoms with Crippen molar-refractivity contribution in [2.24, 2.45) is 0 Å². The summed E-state index contributed by atoms with van der Waals surface area (Å²) >= 11 is 0. The molecule has 1 aliphatic rings. The normalized spacial score (nSPS) is 20.2. The van der Waals surface area contributed by atoms with Crippen molar-refractivity contribution in [1.82, 2.24) is 0 Å². The predicted molar refractivity (Wildman–Crippen MR) is 96.0 cm³/mol. The van der Waals surface area contributed by atoms with Gasteiger partial charge in [-0.25, -0.2) is 13.2 Å². The molecule has 0 fully saturated rings. The maximum absolute atomic E-state index is 15.9. The topological polar surface area (TPSA) is 0 Å². The minimum absolute atomic E-state index is 0.0731. The zero-order chi connectivity index (χ0) is 17.9. The van der Waals surface area contributed by atoms with Crippen molar-refractivity contribution in [3.63, 3.8) is 0 Å². The first-order chi connectivity index (χ1) is 12.0. The fourth-order valence-electron chi connectivity index (χ4n) is 3.19. The van der Waals surface area contributed by atoms with E-state index in [4.69, 9.17) is 0 Å². The number of unbranched alkanes of at least 4 members (excludes halogenated alkanes) is 1. The molecule has 0 saturated heterocycles. The lowest BCUT2D eigenvalue weighted by atomic mass is 9.78. The summed E-state index contributed by atoms with van der Waals surface area (Å²) in [6.07, 6.45) is 5.56. The standard InChI is InChI=1S/C22H21F3/c1-2-3-4-16-5-9-18(10-6-16)22(25)14-13-20(24)15-21(22)17-7-11-19(23)12-8-17/h5-13,15H,2-4,14H2,1H3. The van der Waals surface area contributed by atoms with Crippen LogP contribution in [0.4, 0.5) is 13.2 Å². The Morgan fingerprint density at radius 3 is 2.28 bits per heavy atom. The average molecular weight is 342 g/mol. The maximum atomic E-state index is 15.9. The van der Waals surface area contributed by atoms with Crippen molar-refractivity contribution in [2.75, 3.05) is 0 Å². The quantitative estimate of drug-likeness (QED) is 0.569. The van der Waals surface area contributed by atoms with Gasteiger partial charge in [-0.15, -0.1) is 0 Å². The summed E-state index contributed by atoms with van der Waals surface area (Å²) in [6, 6.07) is 12.9. The lowest BCUT2D eigenvalue weighted by Crippen LogP contribution is -2.24. The van der Waals surface area contributed by atoms with Crippen LogP contribution in [0.15, 0.2) is 66.5 Å². The van der Waals surface area contributed by atoms with E-state index in [9.17, 15) is 8.78 Å². The third kappa shape index (κ3) is 3.71. The van der Waals surface area contributed by atoms with E-state index in [1.807, 2.05) is 12.1 Å². The van der Waals surface area contributed by atoms with Gasteiger partial charge in [-0.3, -0.25) is 0 Å². The van der Waals surface area contributed by atoms with Gasteiger partial charge in [0.1, 0.15) is 11.6 Å². The molecule has 1 unspecified atom stereocenters. The van der Waals surface area contributed by atoms with E-state index >= 15 is 4.39 Å². The van der Waals surface area contributed by atoms with Crippen LogP contribution in [-0.2, 0) is 12.1 Å². The number of aryl methyl sites for hydroxylation is 1. The lowest BCUT2D eigenvalue weighted by molar-refractivity contribution is 0.247. The van der Waals surface area contributed by atoms with Crippen LogP contribution in [0.5, 0.6) is 0 Å². The third-order valence-electron chi connectivity index (χ3n) is 4.67. The third-order valence-corrected chi connectivity index (χ3v) is 4.67. The van der Waals surface area contributed by atoms with E-state index < -0.39 is 17.3 Å². The van der Waals surface area contributed by atoms with Crippen LogP contribution in [0.3, 0.4) is 0 Å². The van der Waals surface area contributed by atoms with E-state index in [1.54, 1.807) is 12.1 Å². The van der Waals surface area contributed by atoms with Gasteiger partial charge in [-0.05, 0) is 53.8 Å². The Morgan fingerprint density at radius 2 is 1.64 bits per heavy atom. The highest BCUT2D eigenvalue weighted by Crippen LogP contribution is 2.46. The molecule has 0 aliphatic heterocycles. The predicted octanol–water partition coefficient (Wildman–Crippen LogP) is 6.67. The highest BCUT2D eigenvalue weighted by molar-refractivity contribution is 5.77. The smallest absolute Gasteiger partial charge is 0.165 e. The molecule has 0 aromatic heterocycles. The van der Waals surface area contributed by atoms with Crippen LogP contribution in [0.2, 0.25) is 0 Å². The second kappa shape index (κ2) is 7.30. The fraction of sp³-hybridized carbons (Fsp3) is 0.273. The van der Waals surface area contributed by atoms with E-state index in [2.05, 4.69) is 6.92 Å². The SMILES string of the molecule is CCCCc1ccc(C2(F)CC=C(F)C=C2c2ccc(F)cc2)cc1. The zero-order valence-electron chi connectivity index (χ0n) is 14.2. The van der Waals surface area contributed by atoms with Crippen LogP contribution in [-0.4, -0.2) is 0 Å². The molecule has 3 heteroatoms. The van der Waals surface area contributed by atoms with Crippen molar-refractivity contribution in [1.29, 1.82) is 0 Å². The molecule has 0 bridgehead atoms. The van der Waals surface area contributed by atoms with Crippen molar-refractivity contribution in [3.05, 3.63) is 89.0 Å². The van der Waals surface area contributed by atoms with E-state index in [-0.39, 0.29) is 12.0 Å². The molecule has 2 aromatic rings. The van der Waals surface area contributed by atoms with Gasteiger partial charge in [0, 0.05) is 12.0 Å². The molecular formula is C22H21F3. The summed E-state index contributed by atoms with van der Waals surface area (Å²) in [5.74, 6) is -0.868. The molecule has 0 nitrogen and oxygen atoms in total. The number of rotatable bonds is 5. The molecule has 1 atom stereocenters. The monoisotopic (exact) mass is 342 g/mol. The van der Waals surface area contributed by atoms with Gasteiger partial charge in [0.2, 0.25) is 0 Å². The van der Waals surface area contributed by atoms with Crippen molar-refractivity contribution < 1.29 is 13.2 Å². The van der Waals surface area contributed by atoms with Gasteiger partial charge in [0.05, 0.1) is 0 Å². The summed E-state index contributed by atoms with van der Waals surface area (Å²) in [7, 11) is 0. The highest BCUT2D eigenvalue weighted by Gasteiger charge is 2.38. The van der Waals surface area contributed by atoms with Crippen molar-refractivity contribution in [2.45, 2.75) is 38.3 Å². The summed E-state index contributed by atoms with van der Waals surface area (Å²) in [5, 5.41) is 0. The summed E-state index contributed by atoms with van der Waals surface area (Å²) in [4.78, 5) is 0. The molecule has 0 N–H and O–H groups in total. The Kier molecular flexibility index (Phi) is 5.12. The van der Waals surface area contributed by atoms with Crippen LogP contribution < -0.4 is 0 Å². The Labute approximate surface area is 146 Å². The van der Waals surface area contributed by atoms with Gasteiger partial charge in [-0.1, -0.05) is 49.7 Å². The maximum Gasteiger partial charge on any atom is 0.165 e. The molecule has 0 spiro atoms. The summed E-state index contributed by atoms with van der Waals surface area (Å²) in [5.41, 5.74) is 0.554. The molecule has 2 aromatic carbocycles. The summed E-state index contributed by atoms with van der Waals surface area (Å²) in [6.45, 7) is 2.13. The molecule has 25 heavy (non-hydrogen) atoms. The average Bonchev–Trinajstić information content (AvgIpc) is 2.63. The second-order valence-corrected chi connectivity index (χ2v) is 6.46. The molecule has 1 aliphatic carbocycles. The largest absolute Gasteiger partial charge is 0.233 e. The number of allylic oxidation sites excluding steroid dienone is 4. The van der Waals surface area contributed by atoms with Crippen LogP contribution in [0.1, 0.15) is 42.9 Å². The van der Waals surface area contributed by atoms with Gasteiger partial charge in [-0.2, -0.15) is 0 Å². The molecule has 3 rings (SSSR count). The fourth-order valence-corrected chi connectivity index (χ4v) is 3.19. The van der Waals surface area contributed by atoms with Gasteiger partial charge >= 0.3 is 0 Å². The number of halogens is 3. The van der Waals surface area contributed by atoms with Gasteiger partial charge in [0.25, 0.3) is 0 Å². The molecule has 130 valence electrons. The molecule has 0 saturated carbocycles. The molecule has 0 radical (unpaired) electrons. The Bertz CT molecular complexity index is 785. The van der Waals surface area contributed by atoms with Gasteiger partial charge < -0.3 is 0 Å². The van der Waals surface area contributed by atoms with Crippen molar-refractivity contribution >= 4 is 5.57 Å². The first kappa shape index (κ1) is 17.5. The Morgan fingerprint density at radius 1 is 0.960 bits per heavy atom. The number of hydrogen-bond acceptors (Lipinski definition) is 0. The first-order valence-corrected chi connectivity index (χ1v) is 8.65. The molecule has 0 heterocycles. The number of benzene rings is 2. The lowest BCUT2D eigenvalue weighted by Gasteiger charge is -2.30. The van der Waals surface area contributed by atoms with E-state index in [0.717, 1.165) is 19.3 Å². The zero-order valence-corrected chi connectivity index (χ0v) is 14.2. The Hall–Kier alpha value is -2.29. The first-order valence-electron chi connectivity index (χ1n) is 8.65. The minimum atomic E-state index is -1.82. The van der Waals surface area contributed by atoms with Crippen LogP contribution >= 0.6 is 0 Å². The minimum Gasteiger partial charge on any atom is -0.233 e. The number of hydrogen-bond donors (Lipinski definition) is 0. The summed E-state index contributed by atoms with van der Waals surface area (Å²) < 4.78 is 42.9. The number of alkyl halides is 1. The van der Waals surface area contributed by atoms with E-state index in [0.29, 0.717) is 11.1 Å². The second-order valence-electron chi connectivity index (χ2n) is 6.46. The Balaban J connectivity index is 1.97. The van der Waals surface area contributed by atoms with Crippen LogP contribution in [0.25, 0.3) is 5.57 Å². The van der Waals surface area contributed by atoms with Crippen LogP contribution in [0, 0.1) is 5.82 Å². The van der Waals surface area contributed by atoms with Gasteiger partial charge in [0.15, 0.2) is 5.67 Å². The molecule has 0 amide bonds. The molecular weight excluding hydrogens is 321 g/mol.